The lowest BCUT2D eigenvalue weighted by Gasteiger charge is -2.20. The van der Waals surface area contributed by atoms with Crippen molar-refractivity contribution in [2.45, 2.75) is 40.8 Å². The summed E-state index contributed by atoms with van der Waals surface area (Å²) in [6.07, 6.45) is 1.43. The van der Waals surface area contributed by atoms with Crippen LogP contribution in [0, 0.1) is 31.1 Å². The number of aromatic nitrogens is 3. The fraction of sp³-hybridized carbons (Fsp3) is 0.321. The molecule has 1 aromatic carbocycles. The number of likely N-dealkylation sites (N-methyl/N-ethyl adjacent to an activating group) is 1. The van der Waals surface area contributed by atoms with E-state index in [-0.39, 0.29) is 23.6 Å². The normalized spacial score (nSPS) is 11.4. The lowest BCUT2D eigenvalue weighted by atomic mass is 10.1. The van der Waals surface area contributed by atoms with Gasteiger partial charge >= 0.3 is 11.7 Å². The number of amides is 1. The minimum atomic E-state index is -0.983. The molecule has 0 aliphatic heterocycles. The Kier molecular flexibility index (Phi) is 8.93. The molecule has 11 nitrogen and oxygen atoms in total. The third-order valence-electron chi connectivity index (χ3n) is 6.23. The zero-order valence-electron chi connectivity index (χ0n) is 22.6. The number of anilines is 2. The van der Waals surface area contributed by atoms with E-state index in [9.17, 15) is 24.4 Å². The third-order valence-corrected chi connectivity index (χ3v) is 6.23. The Morgan fingerprint density at radius 2 is 1.85 bits per heavy atom. The van der Waals surface area contributed by atoms with E-state index >= 15 is 0 Å². The number of aromatic amines is 1. The number of nitrogens with zero attached hydrogens (tertiary/aromatic N) is 4. The fourth-order valence-electron chi connectivity index (χ4n) is 4.16. The van der Waals surface area contributed by atoms with Crippen LogP contribution in [0.4, 0.5) is 11.5 Å². The van der Waals surface area contributed by atoms with Crippen LogP contribution in [0.1, 0.15) is 36.4 Å². The molecule has 0 spiro atoms. The highest BCUT2D eigenvalue weighted by molar-refractivity contribution is 6.01. The fourth-order valence-corrected chi connectivity index (χ4v) is 4.16. The summed E-state index contributed by atoms with van der Waals surface area (Å²) in [5.41, 5.74) is 7.35. The Balaban J connectivity index is 1.78. The largest absolute Gasteiger partial charge is 0.451 e. The molecule has 0 saturated carbocycles. The Morgan fingerprint density at radius 3 is 2.46 bits per heavy atom. The Labute approximate surface area is 225 Å². The standard InChI is InChI=1S/C28H32N6O5/c1-17(2)14-33-18(3)11-21(19(33)4)12-22(13-29)27(37)39-16-23(35)32(5)24-25(30)34(28(38)31-26(24)36)15-20-9-7-6-8-10-20/h6-12,17H,14-16,30H2,1-5H3,(H,31,36,38)/b22-12+. The monoisotopic (exact) mass is 532 g/mol. The van der Waals surface area contributed by atoms with Gasteiger partial charge in [-0.15, -0.1) is 0 Å². The van der Waals surface area contributed by atoms with Gasteiger partial charge in [0, 0.05) is 25.0 Å². The van der Waals surface area contributed by atoms with Gasteiger partial charge in [0.05, 0.1) is 6.54 Å². The highest BCUT2D eigenvalue weighted by atomic mass is 16.5. The SMILES string of the molecule is Cc1cc(/C=C(\C#N)C(=O)OCC(=O)N(C)c2c(N)n(Cc3ccccc3)c(=O)[nH]c2=O)c(C)n1CC(C)C. The number of hydrogen-bond donors (Lipinski definition) is 2. The number of carbonyl (C=O) groups excluding carboxylic acids is 2. The molecule has 0 saturated heterocycles. The summed E-state index contributed by atoms with van der Waals surface area (Å²) in [4.78, 5) is 53.5. The second-order valence-electron chi connectivity index (χ2n) is 9.59. The number of nitriles is 1. The predicted octanol–water partition coefficient (Wildman–Crippen LogP) is 2.35. The average molecular weight is 533 g/mol. The number of hydrogen-bond acceptors (Lipinski definition) is 7. The van der Waals surface area contributed by atoms with Crippen LogP contribution in [0.2, 0.25) is 0 Å². The van der Waals surface area contributed by atoms with Crippen molar-refractivity contribution < 1.29 is 14.3 Å². The van der Waals surface area contributed by atoms with E-state index in [1.165, 1.54) is 13.1 Å². The van der Waals surface area contributed by atoms with E-state index in [1.807, 2.05) is 32.0 Å². The maximum Gasteiger partial charge on any atom is 0.349 e. The van der Waals surface area contributed by atoms with Crippen LogP contribution in [0.5, 0.6) is 0 Å². The van der Waals surface area contributed by atoms with E-state index < -0.39 is 29.7 Å². The molecule has 0 aliphatic rings. The van der Waals surface area contributed by atoms with Gasteiger partial charge in [0.2, 0.25) is 0 Å². The molecule has 0 fully saturated rings. The molecule has 2 aromatic heterocycles. The van der Waals surface area contributed by atoms with Crippen LogP contribution >= 0.6 is 0 Å². The first-order valence-electron chi connectivity index (χ1n) is 12.3. The predicted molar refractivity (Wildman–Crippen MR) is 148 cm³/mol. The number of H-pyrrole nitrogens is 1. The van der Waals surface area contributed by atoms with Gasteiger partial charge in [-0.25, -0.2) is 9.59 Å². The summed E-state index contributed by atoms with van der Waals surface area (Å²) in [5.74, 6) is -1.57. The Morgan fingerprint density at radius 1 is 1.18 bits per heavy atom. The molecule has 3 aromatic rings. The molecule has 0 radical (unpaired) electrons. The number of nitrogens with one attached hydrogen (secondary N) is 1. The van der Waals surface area contributed by atoms with Gasteiger partial charge in [0.1, 0.15) is 17.5 Å². The average Bonchev–Trinajstić information content (AvgIpc) is 3.15. The molecule has 39 heavy (non-hydrogen) atoms. The van der Waals surface area contributed by atoms with Crippen molar-refractivity contribution in [3.63, 3.8) is 0 Å². The highest BCUT2D eigenvalue weighted by Gasteiger charge is 2.23. The van der Waals surface area contributed by atoms with E-state index in [0.29, 0.717) is 11.5 Å². The topological polar surface area (TPSA) is 156 Å². The molecule has 204 valence electrons. The number of nitrogens with two attached hydrogens (primary N) is 1. The molecule has 1 amide bonds. The van der Waals surface area contributed by atoms with Gasteiger partial charge in [-0.3, -0.25) is 19.1 Å². The van der Waals surface area contributed by atoms with Gasteiger partial charge < -0.3 is 19.9 Å². The number of aryl methyl sites for hydroxylation is 1. The molecule has 0 aliphatic carbocycles. The smallest absolute Gasteiger partial charge is 0.349 e. The van der Waals surface area contributed by atoms with Crippen LogP contribution in [-0.2, 0) is 27.4 Å². The van der Waals surface area contributed by atoms with E-state index in [2.05, 4.69) is 23.4 Å². The molecule has 3 rings (SSSR count). The van der Waals surface area contributed by atoms with Crippen LogP contribution in [0.15, 0.2) is 51.6 Å². The van der Waals surface area contributed by atoms with Crippen molar-refractivity contribution in [2.24, 2.45) is 5.92 Å². The molecule has 3 N–H and O–H groups in total. The van der Waals surface area contributed by atoms with Gasteiger partial charge in [-0.2, -0.15) is 5.26 Å². The van der Waals surface area contributed by atoms with Crippen LogP contribution in [-0.4, -0.2) is 39.6 Å². The van der Waals surface area contributed by atoms with Crippen molar-refractivity contribution in [1.82, 2.24) is 14.1 Å². The first-order valence-corrected chi connectivity index (χ1v) is 12.3. The zero-order valence-corrected chi connectivity index (χ0v) is 22.6. The van der Waals surface area contributed by atoms with Crippen molar-refractivity contribution in [3.8, 4) is 6.07 Å². The summed E-state index contributed by atoms with van der Waals surface area (Å²) in [7, 11) is 1.28. The summed E-state index contributed by atoms with van der Waals surface area (Å²) >= 11 is 0. The minimum Gasteiger partial charge on any atom is -0.451 e. The summed E-state index contributed by atoms with van der Waals surface area (Å²) in [5, 5.41) is 9.56. The number of ether oxygens (including phenoxy) is 1. The Bertz CT molecular complexity index is 1570. The van der Waals surface area contributed by atoms with E-state index in [0.717, 1.165) is 33.0 Å². The number of nitrogen functional groups attached to an aromatic ring is 1. The van der Waals surface area contributed by atoms with Crippen molar-refractivity contribution >= 4 is 29.5 Å². The van der Waals surface area contributed by atoms with E-state index in [4.69, 9.17) is 10.5 Å². The van der Waals surface area contributed by atoms with Crippen LogP contribution in [0.25, 0.3) is 6.08 Å². The quantitative estimate of drug-likeness (QED) is 0.243. The maximum atomic E-state index is 12.8. The van der Waals surface area contributed by atoms with Crippen LogP contribution < -0.4 is 21.9 Å². The number of esters is 1. The first-order chi connectivity index (χ1) is 18.4. The first kappa shape index (κ1) is 28.7. The van der Waals surface area contributed by atoms with Crippen molar-refractivity contribution in [1.29, 1.82) is 5.26 Å². The van der Waals surface area contributed by atoms with Gasteiger partial charge in [0.15, 0.2) is 12.3 Å². The second-order valence-corrected chi connectivity index (χ2v) is 9.59. The maximum absolute atomic E-state index is 12.8. The Hall–Kier alpha value is -4.85. The second kappa shape index (κ2) is 12.1. The molecular weight excluding hydrogens is 500 g/mol. The molecule has 11 heteroatoms. The van der Waals surface area contributed by atoms with Crippen LogP contribution in [0.3, 0.4) is 0 Å². The van der Waals surface area contributed by atoms with Gasteiger partial charge in [0.25, 0.3) is 11.5 Å². The number of rotatable bonds is 9. The van der Waals surface area contributed by atoms with Crippen molar-refractivity contribution in [2.75, 3.05) is 24.3 Å². The van der Waals surface area contributed by atoms with Crippen molar-refractivity contribution in [3.05, 3.63) is 85.3 Å². The summed E-state index contributed by atoms with van der Waals surface area (Å²) < 4.78 is 8.33. The molecule has 0 unspecified atom stereocenters. The highest BCUT2D eigenvalue weighted by Crippen LogP contribution is 2.20. The van der Waals surface area contributed by atoms with Gasteiger partial charge in [-0.05, 0) is 43.0 Å². The third kappa shape index (κ3) is 6.54. The molecule has 2 heterocycles. The summed E-state index contributed by atoms with van der Waals surface area (Å²) in [6.45, 7) is 8.15. The minimum absolute atomic E-state index is 0.0699. The number of carbonyl (C=O) groups is 2. The molecular formula is C28H32N6O5. The zero-order chi connectivity index (χ0) is 28.9. The lowest BCUT2D eigenvalue weighted by Crippen LogP contribution is -2.40. The lowest BCUT2D eigenvalue weighted by molar-refractivity contribution is -0.143. The van der Waals surface area contributed by atoms with E-state index in [1.54, 1.807) is 24.3 Å². The van der Waals surface area contributed by atoms with Gasteiger partial charge in [-0.1, -0.05) is 44.2 Å². The molecule has 0 bridgehead atoms. The number of benzene rings is 1. The molecule has 0 atom stereocenters. The summed E-state index contributed by atoms with van der Waals surface area (Å²) in [6, 6.07) is 12.7.